The molecule has 0 atom stereocenters. The molecule has 0 spiro atoms. The Morgan fingerprint density at radius 3 is 2.47 bits per heavy atom. The van der Waals surface area contributed by atoms with Crippen molar-refractivity contribution in [1.82, 2.24) is 4.98 Å². The van der Waals surface area contributed by atoms with Crippen LogP contribution in [0.4, 0.5) is 0 Å². The third-order valence-corrected chi connectivity index (χ3v) is 5.69. The van der Waals surface area contributed by atoms with Crippen LogP contribution in [0.2, 0.25) is 0 Å². The van der Waals surface area contributed by atoms with Crippen LogP contribution in [0.5, 0.6) is 5.75 Å². The fraction of sp³-hybridized carbons (Fsp3) is 0.0400. The molecule has 0 aliphatic carbocycles. The van der Waals surface area contributed by atoms with Gasteiger partial charge in [0.25, 0.3) is 0 Å². The minimum absolute atomic E-state index is 0.105. The average Bonchev–Trinajstić information content (AvgIpc) is 2.74. The molecule has 1 N–H and O–H groups in total. The molecule has 5 heteroatoms. The van der Waals surface area contributed by atoms with Crippen LogP contribution in [0, 0.1) is 6.92 Å². The molecule has 0 amide bonds. The molecule has 5 rings (SSSR count). The lowest BCUT2D eigenvalue weighted by Gasteiger charge is -2.15. The molecule has 0 bridgehead atoms. The maximum absolute atomic E-state index is 12.8. The maximum atomic E-state index is 12.8. The summed E-state index contributed by atoms with van der Waals surface area (Å²) in [5.41, 5.74) is 2.34. The first kappa shape index (κ1) is 18.6. The monoisotopic (exact) mass is 457 g/mol. The summed E-state index contributed by atoms with van der Waals surface area (Å²) in [7, 11) is 0. The predicted octanol–water partition coefficient (Wildman–Crippen LogP) is 6.45. The molecule has 3 aromatic carbocycles. The van der Waals surface area contributed by atoms with E-state index in [4.69, 9.17) is 4.42 Å². The number of aryl methyl sites for hydroxylation is 1. The first-order valence-electron chi connectivity index (χ1n) is 9.43. The van der Waals surface area contributed by atoms with Gasteiger partial charge in [0.2, 0.25) is 0 Å². The Balaban J connectivity index is 2.02. The quantitative estimate of drug-likeness (QED) is 0.330. The lowest BCUT2D eigenvalue weighted by atomic mass is 9.92. The lowest BCUT2D eigenvalue weighted by Crippen LogP contribution is -2.04. The van der Waals surface area contributed by atoms with E-state index < -0.39 is 5.63 Å². The van der Waals surface area contributed by atoms with Crippen molar-refractivity contribution in [3.05, 3.63) is 93.4 Å². The van der Waals surface area contributed by atoms with Gasteiger partial charge >= 0.3 is 5.63 Å². The smallest absolute Gasteiger partial charge is 0.344 e. The van der Waals surface area contributed by atoms with Crippen LogP contribution in [0.3, 0.4) is 0 Å². The van der Waals surface area contributed by atoms with E-state index in [1.54, 1.807) is 24.4 Å². The van der Waals surface area contributed by atoms with E-state index in [-0.39, 0.29) is 5.75 Å². The summed E-state index contributed by atoms with van der Waals surface area (Å²) in [5.74, 6) is 0.443. The predicted molar refractivity (Wildman–Crippen MR) is 123 cm³/mol. The van der Waals surface area contributed by atoms with Crippen molar-refractivity contribution in [2.45, 2.75) is 6.92 Å². The molecule has 0 radical (unpaired) electrons. The highest BCUT2D eigenvalue weighted by atomic mass is 79.9. The van der Waals surface area contributed by atoms with E-state index in [0.29, 0.717) is 33.4 Å². The topological polar surface area (TPSA) is 63.3 Å². The Morgan fingerprint density at radius 1 is 0.900 bits per heavy atom. The molecule has 0 fully saturated rings. The van der Waals surface area contributed by atoms with E-state index in [1.165, 1.54) is 0 Å². The van der Waals surface area contributed by atoms with E-state index in [0.717, 1.165) is 20.8 Å². The molecule has 146 valence electrons. The molecular formula is C25H16BrNO3. The molecule has 0 aliphatic rings. The highest BCUT2D eigenvalue weighted by Gasteiger charge is 2.22. The second kappa shape index (κ2) is 7.11. The van der Waals surface area contributed by atoms with Gasteiger partial charge in [-0.3, -0.25) is 4.98 Å². The number of nitrogens with zero attached hydrogens (tertiary/aromatic N) is 1. The molecule has 0 saturated carbocycles. The second-order valence-electron chi connectivity index (χ2n) is 7.18. The van der Waals surface area contributed by atoms with Crippen LogP contribution in [0.15, 0.2) is 86.6 Å². The first-order valence-corrected chi connectivity index (χ1v) is 10.2. The largest absolute Gasteiger partial charge is 0.507 e. The second-order valence-corrected chi connectivity index (χ2v) is 8.10. The summed E-state index contributed by atoms with van der Waals surface area (Å²) in [6, 6.07) is 20.5. The van der Waals surface area contributed by atoms with Gasteiger partial charge in [0.1, 0.15) is 11.4 Å². The summed E-state index contributed by atoms with van der Waals surface area (Å²) in [5, 5.41) is 13.9. The van der Waals surface area contributed by atoms with E-state index in [9.17, 15) is 9.90 Å². The summed E-state index contributed by atoms with van der Waals surface area (Å²) in [4.78, 5) is 17.2. The molecule has 30 heavy (non-hydrogen) atoms. The van der Waals surface area contributed by atoms with Crippen LogP contribution in [0.25, 0.3) is 44.1 Å². The lowest BCUT2D eigenvalue weighted by molar-refractivity contribution is 0.477. The molecule has 0 aliphatic heterocycles. The third-order valence-electron chi connectivity index (χ3n) is 5.20. The molecule has 5 aromatic rings. The number of aromatic hydroxyl groups is 1. The Labute approximate surface area is 180 Å². The van der Waals surface area contributed by atoms with Gasteiger partial charge in [-0.15, -0.1) is 0 Å². The van der Waals surface area contributed by atoms with Gasteiger partial charge in [-0.05, 0) is 59.7 Å². The highest BCUT2D eigenvalue weighted by molar-refractivity contribution is 9.10. The SMILES string of the molecule is Cc1ccnc(-c2oc(=O)c3ccccc3c2-c2c(O)ccc3ccc(Br)cc23)c1. The van der Waals surface area contributed by atoms with E-state index in [1.807, 2.05) is 55.5 Å². The maximum Gasteiger partial charge on any atom is 0.344 e. The van der Waals surface area contributed by atoms with Gasteiger partial charge in [-0.2, -0.15) is 0 Å². The number of phenolic OH excluding ortho intramolecular Hbond substituents is 1. The molecule has 4 nitrogen and oxygen atoms in total. The van der Waals surface area contributed by atoms with Crippen LogP contribution in [-0.4, -0.2) is 10.1 Å². The third kappa shape index (κ3) is 2.99. The molecular weight excluding hydrogens is 442 g/mol. The van der Waals surface area contributed by atoms with Gasteiger partial charge < -0.3 is 9.52 Å². The summed E-state index contributed by atoms with van der Waals surface area (Å²) >= 11 is 3.53. The minimum atomic E-state index is -0.437. The van der Waals surface area contributed by atoms with Crippen LogP contribution in [0.1, 0.15) is 5.56 Å². The van der Waals surface area contributed by atoms with Crippen LogP contribution in [-0.2, 0) is 0 Å². The van der Waals surface area contributed by atoms with Crippen molar-refractivity contribution in [3.8, 4) is 28.3 Å². The first-order chi connectivity index (χ1) is 14.5. The number of rotatable bonds is 2. The zero-order valence-corrected chi connectivity index (χ0v) is 17.6. The number of fused-ring (bicyclic) bond motifs is 2. The number of halogens is 1. The summed E-state index contributed by atoms with van der Waals surface area (Å²) < 4.78 is 6.70. The Hall–Kier alpha value is -3.44. The van der Waals surface area contributed by atoms with Crippen molar-refractivity contribution in [1.29, 1.82) is 0 Å². The summed E-state index contributed by atoms with van der Waals surface area (Å²) in [6.07, 6.45) is 1.68. The van der Waals surface area contributed by atoms with Gasteiger partial charge in [0.15, 0.2) is 5.76 Å². The zero-order valence-electron chi connectivity index (χ0n) is 16.0. The van der Waals surface area contributed by atoms with Crippen molar-refractivity contribution in [2.24, 2.45) is 0 Å². The minimum Gasteiger partial charge on any atom is -0.507 e. The number of phenols is 1. The molecule has 0 saturated heterocycles. The van der Waals surface area contributed by atoms with Gasteiger partial charge in [0, 0.05) is 27.2 Å². The van der Waals surface area contributed by atoms with Gasteiger partial charge in [-0.1, -0.05) is 46.3 Å². The standard InChI is InChI=1S/C25H16BrNO3/c1-14-10-11-27-20(12-14)24-23(17-4-2-3-5-18(17)25(29)30-24)22-19-13-16(26)8-6-15(19)7-9-21(22)28/h2-13,28H,1H3. The van der Waals surface area contributed by atoms with Crippen molar-refractivity contribution in [2.75, 3.05) is 0 Å². The molecule has 2 aromatic heterocycles. The Bertz CT molecular complexity index is 1500. The van der Waals surface area contributed by atoms with Gasteiger partial charge in [0.05, 0.1) is 5.39 Å². The van der Waals surface area contributed by atoms with E-state index in [2.05, 4.69) is 20.9 Å². The number of benzene rings is 3. The summed E-state index contributed by atoms with van der Waals surface area (Å²) in [6.45, 7) is 1.95. The van der Waals surface area contributed by atoms with Crippen molar-refractivity contribution >= 4 is 37.5 Å². The van der Waals surface area contributed by atoms with Crippen molar-refractivity contribution in [3.63, 3.8) is 0 Å². The van der Waals surface area contributed by atoms with Crippen molar-refractivity contribution < 1.29 is 9.52 Å². The van der Waals surface area contributed by atoms with Crippen LogP contribution < -0.4 is 5.63 Å². The van der Waals surface area contributed by atoms with Crippen LogP contribution >= 0.6 is 15.9 Å². The normalized spacial score (nSPS) is 11.3. The fourth-order valence-electron chi connectivity index (χ4n) is 3.83. The number of hydrogen-bond acceptors (Lipinski definition) is 4. The number of aromatic nitrogens is 1. The zero-order chi connectivity index (χ0) is 20.8. The highest BCUT2D eigenvalue weighted by Crippen LogP contribution is 2.44. The Morgan fingerprint density at radius 2 is 1.67 bits per heavy atom. The van der Waals surface area contributed by atoms with E-state index >= 15 is 0 Å². The molecule has 0 unspecified atom stereocenters. The fourth-order valence-corrected chi connectivity index (χ4v) is 4.19. The average molecular weight is 458 g/mol. The number of pyridine rings is 1. The molecule has 2 heterocycles. The number of hydrogen-bond donors (Lipinski definition) is 1. The Kier molecular flexibility index (Phi) is 4.40. The van der Waals surface area contributed by atoms with Gasteiger partial charge in [-0.25, -0.2) is 4.79 Å².